The minimum atomic E-state index is -1.21. The number of esters is 3. The predicted octanol–water partition coefficient (Wildman–Crippen LogP) is 5.88. The van der Waals surface area contributed by atoms with E-state index in [-0.39, 0.29) is 62.4 Å². The van der Waals surface area contributed by atoms with E-state index in [0.717, 1.165) is 22.3 Å². The maximum Gasteiger partial charge on any atom is 0.347 e. The van der Waals surface area contributed by atoms with Crippen LogP contribution in [0.3, 0.4) is 0 Å². The maximum atomic E-state index is 13.7. The SMILES string of the molecule is CCC(=O)OCc1ccc(C2OC2C(C)C2C/C=C/C(=O)NC(Cc3ccc(C)c(Cl)c3)C(=O)NCC(C)(C)C(=O)OC(CC(C)C)C(=O)O2)cc1. The molecular formula is C40H51ClN2O9. The van der Waals surface area contributed by atoms with Gasteiger partial charge >= 0.3 is 17.9 Å². The van der Waals surface area contributed by atoms with Gasteiger partial charge in [-0.3, -0.25) is 19.2 Å². The summed E-state index contributed by atoms with van der Waals surface area (Å²) in [6.45, 7) is 12.7. The molecule has 0 radical (unpaired) electrons. The van der Waals surface area contributed by atoms with Gasteiger partial charge in [0.1, 0.15) is 24.9 Å². The number of ether oxygens (including phenoxy) is 4. The summed E-state index contributed by atoms with van der Waals surface area (Å²) < 4.78 is 23.2. The number of amides is 2. The molecule has 2 aromatic carbocycles. The van der Waals surface area contributed by atoms with Gasteiger partial charge < -0.3 is 29.6 Å². The second-order valence-electron chi connectivity index (χ2n) is 14.7. The van der Waals surface area contributed by atoms with Crippen molar-refractivity contribution in [3.05, 3.63) is 81.9 Å². The summed E-state index contributed by atoms with van der Waals surface area (Å²) in [7, 11) is 0. The number of benzene rings is 2. The third kappa shape index (κ3) is 11.4. The van der Waals surface area contributed by atoms with Crippen molar-refractivity contribution in [3.63, 3.8) is 0 Å². The number of rotatable bonds is 10. The molecule has 0 saturated carbocycles. The number of epoxide rings is 1. The Morgan fingerprint density at radius 1 is 1.02 bits per heavy atom. The van der Waals surface area contributed by atoms with E-state index < -0.39 is 47.4 Å². The maximum absolute atomic E-state index is 13.7. The molecule has 6 atom stereocenters. The highest BCUT2D eigenvalue weighted by Gasteiger charge is 2.48. The van der Waals surface area contributed by atoms with Crippen LogP contribution in [0.2, 0.25) is 5.02 Å². The zero-order valence-corrected chi connectivity index (χ0v) is 31.8. The summed E-state index contributed by atoms with van der Waals surface area (Å²) in [5, 5.41) is 6.11. The summed E-state index contributed by atoms with van der Waals surface area (Å²) in [4.78, 5) is 65.4. The van der Waals surface area contributed by atoms with Gasteiger partial charge in [0.25, 0.3) is 0 Å². The van der Waals surface area contributed by atoms with Gasteiger partial charge in [0.2, 0.25) is 11.8 Å². The van der Waals surface area contributed by atoms with Crippen LogP contribution in [0.4, 0.5) is 0 Å². The number of hydrogen-bond acceptors (Lipinski definition) is 9. The van der Waals surface area contributed by atoms with Gasteiger partial charge in [0.15, 0.2) is 6.10 Å². The van der Waals surface area contributed by atoms with Gasteiger partial charge in [0.05, 0.1) is 11.5 Å². The third-order valence-corrected chi connectivity index (χ3v) is 9.70. The number of aryl methyl sites for hydroxylation is 1. The molecular weight excluding hydrogens is 688 g/mol. The van der Waals surface area contributed by atoms with E-state index in [9.17, 15) is 24.0 Å². The summed E-state index contributed by atoms with van der Waals surface area (Å²) >= 11 is 6.34. The number of halogens is 1. The van der Waals surface area contributed by atoms with E-state index in [2.05, 4.69) is 10.6 Å². The summed E-state index contributed by atoms with van der Waals surface area (Å²) in [5.41, 5.74) is 2.19. The fourth-order valence-corrected chi connectivity index (χ4v) is 6.02. The van der Waals surface area contributed by atoms with Gasteiger partial charge in [-0.15, -0.1) is 0 Å². The molecule has 6 unspecified atom stereocenters. The highest BCUT2D eigenvalue weighted by molar-refractivity contribution is 6.31. The number of carbonyl (C=O) groups excluding carboxylic acids is 5. The quantitative estimate of drug-likeness (QED) is 0.173. The first-order valence-corrected chi connectivity index (χ1v) is 18.3. The lowest BCUT2D eigenvalue weighted by atomic mass is 9.92. The normalized spacial score (nSPS) is 25.3. The lowest BCUT2D eigenvalue weighted by Gasteiger charge is -2.29. The molecule has 0 bridgehead atoms. The minimum Gasteiger partial charge on any atom is -0.461 e. The van der Waals surface area contributed by atoms with Crippen molar-refractivity contribution in [2.45, 2.75) is 111 Å². The summed E-state index contributed by atoms with van der Waals surface area (Å²) in [6.07, 6.45) is 1.32. The molecule has 4 rings (SSSR count). The van der Waals surface area contributed by atoms with Crippen LogP contribution in [0.1, 0.15) is 89.2 Å². The Hall–Kier alpha value is -4.22. The zero-order valence-electron chi connectivity index (χ0n) is 31.0. The van der Waals surface area contributed by atoms with Gasteiger partial charge in [-0.05, 0) is 67.5 Å². The van der Waals surface area contributed by atoms with Crippen LogP contribution in [0.25, 0.3) is 0 Å². The second-order valence-corrected chi connectivity index (χ2v) is 15.1. The van der Waals surface area contributed by atoms with Crippen LogP contribution in [-0.4, -0.2) is 60.6 Å². The fraction of sp³-hybridized carbons (Fsp3) is 0.525. The fourth-order valence-electron chi connectivity index (χ4n) is 5.82. The molecule has 2 aliphatic heterocycles. The lowest BCUT2D eigenvalue weighted by Crippen LogP contribution is -2.51. The van der Waals surface area contributed by atoms with E-state index in [1.54, 1.807) is 32.9 Å². The van der Waals surface area contributed by atoms with Gasteiger partial charge in [-0.25, -0.2) is 4.79 Å². The van der Waals surface area contributed by atoms with Crippen LogP contribution >= 0.6 is 11.6 Å². The summed E-state index contributed by atoms with van der Waals surface area (Å²) in [5.74, 6) is -2.94. The Kier molecular flexibility index (Phi) is 14.0. The average Bonchev–Trinajstić information content (AvgIpc) is 3.90. The van der Waals surface area contributed by atoms with Crippen molar-refractivity contribution < 1.29 is 42.9 Å². The predicted molar refractivity (Wildman–Crippen MR) is 195 cm³/mol. The molecule has 11 nitrogen and oxygen atoms in total. The molecule has 0 spiro atoms. The molecule has 2 N–H and O–H groups in total. The van der Waals surface area contributed by atoms with E-state index in [0.29, 0.717) is 11.4 Å². The number of hydrogen-bond donors (Lipinski definition) is 2. The Balaban J connectivity index is 1.57. The molecule has 2 heterocycles. The van der Waals surface area contributed by atoms with Crippen molar-refractivity contribution >= 4 is 41.3 Å². The average molecular weight is 739 g/mol. The second kappa shape index (κ2) is 18.0. The molecule has 52 heavy (non-hydrogen) atoms. The number of carbonyl (C=O) groups is 5. The Bertz CT molecular complexity index is 1640. The smallest absolute Gasteiger partial charge is 0.347 e. The topological polar surface area (TPSA) is 150 Å². The number of nitrogens with one attached hydrogen (secondary N) is 2. The monoisotopic (exact) mass is 738 g/mol. The first kappa shape index (κ1) is 40.5. The van der Waals surface area contributed by atoms with Crippen molar-refractivity contribution in [2.75, 3.05) is 6.54 Å². The van der Waals surface area contributed by atoms with Crippen molar-refractivity contribution in [1.29, 1.82) is 0 Å². The molecule has 12 heteroatoms. The van der Waals surface area contributed by atoms with Crippen LogP contribution in [0.5, 0.6) is 0 Å². The van der Waals surface area contributed by atoms with Crippen LogP contribution in [-0.2, 0) is 55.9 Å². The zero-order chi connectivity index (χ0) is 38.2. The number of cyclic esters (lactones) is 2. The van der Waals surface area contributed by atoms with E-state index in [1.807, 2.05) is 64.1 Å². The lowest BCUT2D eigenvalue weighted by molar-refractivity contribution is -0.179. The third-order valence-electron chi connectivity index (χ3n) is 9.30. The van der Waals surface area contributed by atoms with Crippen molar-refractivity contribution in [1.82, 2.24) is 10.6 Å². The highest BCUT2D eigenvalue weighted by Crippen LogP contribution is 2.45. The molecule has 2 aliphatic rings. The van der Waals surface area contributed by atoms with E-state index >= 15 is 0 Å². The van der Waals surface area contributed by atoms with Crippen LogP contribution in [0.15, 0.2) is 54.6 Å². The Morgan fingerprint density at radius 2 is 1.71 bits per heavy atom. The van der Waals surface area contributed by atoms with Crippen molar-refractivity contribution in [3.8, 4) is 0 Å². The summed E-state index contributed by atoms with van der Waals surface area (Å²) in [6, 6.07) is 12.1. The minimum absolute atomic E-state index is 0.00104. The molecule has 1 fully saturated rings. The standard InChI is InChI=1S/C40H51ClN2O9/c1-8-34(45)49-21-26-14-16-28(17-15-26)36-35(52-36)25(5)31-10-9-11-33(44)43-30(20-27-13-12-24(4)29(41)19-27)37(46)42-22-40(6,7)39(48)51-32(18-23(2)3)38(47)50-31/h9,11-17,19,23,25,30-32,35-36H,8,10,18,20-22H2,1-7H3,(H,42,46)(H,43,44)/b11-9+. The van der Waals surface area contributed by atoms with Crippen LogP contribution < -0.4 is 10.6 Å². The molecule has 2 amide bonds. The highest BCUT2D eigenvalue weighted by atomic mass is 35.5. The Labute approximate surface area is 311 Å². The van der Waals surface area contributed by atoms with Gasteiger partial charge in [-0.1, -0.05) is 81.8 Å². The molecule has 2 aromatic rings. The van der Waals surface area contributed by atoms with Gasteiger partial charge in [0, 0.05) is 36.7 Å². The van der Waals surface area contributed by atoms with E-state index in [1.165, 1.54) is 6.08 Å². The molecule has 282 valence electrons. The molecule has 1 saturated heterocycles. The Morgan fingerprint density at radius 3 is 2.37 bits per heavy atom. The largest absolute Gasteiger partial charge is 0.461 e. The van der Waals surface area contributed by atoms with Crippen molar-refractivity contribution in [2.24, 2.45) is 17.3 Å². The first-order chi connectivity index (χ1) is 24.6. The van der Waals surface area contributed by atoms with E-state index in [4.69, 9.17) is 30.5 Å². The van der Waals surface area contributed by atoms with Crippen LogP contribution in [0, 0.1) is 24.2 Å². The van der Waals surface area contributed by atoms with Gasteiger partial charge in [-0.2, -0.15) is 0 Å². The molecule has 0 aliphatic carbocycles. The molecule has 0 aromatic heterocycles. The first-order valence-electron chi connectivity index (χ1n) is 17.9.